The van der Waals surface area contributed by atoms with Crippen molar-refractivity contribution in [3.05, 3.63) is 0 Å². The van der Waals surface area contributed by atoms with Gasteiger partial charge < -0.3 is 11.3 Å². The summed E-state index contributed by atoms with van der Waals surface area (Å²) in [7, 11) is 1.52. The molecule has 4 heteroatoms. The average molecular weight is 96.8 g/mol. The molecule has 0 saturated carbocycles. The molecule has 0 bridgehead atoms. The van der Waals surface area contributed by atoms with Crippen LogP contribution in [-0.4, -0.2) is 14.0 Å². The summed E-state index contributed by atoms with van der Waals surface area (Å²) >= 11 is 0. The second-order valence-electron chi connectivity index (χ2n) is 2.01. The lowest BCUT2D eigenvalue weighted by Gasteiger charge is -2.04. The topological polar surface area (TPSA) is 52.0 Å². The molecule has 0 aliphatic heterocycles. The third-order valence-electron chi connectivity index (χ3n) is 0.992. The maximum Gasteiger partial charge on any atom is 0.196 e. The van der Waals surface area contributed by atoms with Crippen LogP contribution in [0.25, 0.3) is 0 Å². The first kappa shape index (κ1) is 7.05. The van der Waals surface area contributed by atoms with E-state index in [1.54, 1.807) is 0 Å². The summed E-state index contributed by atoms with van der Waals surface area (Å²) < 4.78 is 0. The molecule has 1 radical (unpaired) electrons. The lowest BCUT2D eigenvalue weighted by atomic mass is 9.31. The number of nitrogens with two attached hydrogens (primary N) is 2. The monoisotopic (exact) mass is 97.1 g/mol. The van der Waals surface area contributed by atoms with Crippen molar-refractivity contribution in [3.63, 3.8) is 0 Å². The van der Waals surface area contributed by atoms with E-state index >= 15 is 0 Å². The van der Waals surface area contributed by atoms with Gasteiger partial charge in [0.2, 0.25) is 0 Å². The minimum absolute atomic E-state index is 0.0556. The molecule has 0 fully saturated rings. The van der Waals surface area contributed by atoms with Crippen LogP contribution in [-0.2, 0) is 0 Å². The van der Waals surface area contributed by atoms with E-state index < -0.39 is 0 Å². The van der Waals surface area contributed by atoms with Crippen LogP contribution >= 0.6 is 0 Å². The van der Waals surface area contributed by atoms with E-state index in [-0.39, 0.29) is 6.74 Å². The van der Waals surface area contributed by atoms with E-state index in [9.17, 15) is 0 Å². The van der Waals surface area contributed by atoms with Crippen LogP contribution in [0.4, 0.5) is 0 Å². The van der Waals surface area contributed by atoms with Crippen LogP contribution in [0.1, 0.15) is 13.8 Å². The summed E-state index contributed by atoms with van der Waals surface area (Å²) in [6.07, 6.45) is 0. The highest BCUT2D eigenvalue weighted by Gasteiger charge is 2.09. The highest BCUT2D eigenvalue weighted by molar-refractivity contribution is 7.10. The van der Waals surface area contributed by atoms with Gasteiger partial charge in [-0.05, 0) is 0 Å². The largest absolute Gasteiger partial charge is 0.379 e. The summed E-state index contributed by atoms with van der Waals surface area (Å²) in [5, 5.41) is 0. The second kappa shape index (κ2) is 3.10. The summed E-state index contributed by atoms with van der Waals surface area (Å²) in [6.45, 7) is 4.13. The van der Waals surface area contributed by atoms with Crippen LogP contribution in [0.5, 0.6) is 0 Å². The first-order valence-electron chi connectivity index (χ1n) is 2.49. The van der Waals surface area contributed by atoms with Gasteiger partial charge in [0.15, 0.2) is 14.0 Å². The van der Waals surface area contributed by atoms with Crippen LogP contribution in [0.15, 0.2) is 0 Å². The van der Waals surface area contributed by atoms with E-state index in [2.05, 4.69) is 0 Å². The van der Waals surface area contributed by atoms with E-state index in [4.69, 9.17) is 11.3 Å². The van der Waals surface area contributed by atoms with E-state index in [0.717, 1.165) is 0 Å². The lowest BCUT2D eigenvalue weighted by molar-refractivity contribution is 1.05. The normalized spacial score (nSPS) is 9.29. The Morgan fingerprint density at radius 1 is 1.57 bits per heavy atom. The molecule has 0 spiro atoms. The van der Waals surface area contributed by atoms with Crippen molar-refractivity contribution >= 4 is 14.0 Å². The quantitative estimate of drug-likeness (QED) is 0.452. The van der Waals surface area contributed by atoms with Crippen molar-refractivity contribution in [2.24, 2.45) is 11.3 Å². The fraction of sp³-hybridized carbons (Fsp3) is 1.00. The SMILES string of the molecule is CC(C)B(N)[B]N. The van der Waals surface area contributed by atoms with Crippen LogP contribution < -0.4 is 11.3 Å². The van der Waals surface area contributed by atoms with Crippen molar-refractivity contribution in [2.45, 2.75) is 19.7 Å². The molecule has 0 saturated heterocycles. The molecule has 39 valence electrons. The predicted octanol–water partition coefficient (Wildman–Crippen LogP) is -0.579. The van der Waals surface area contributed by atoms with Gasteiger partial charge in [-0.15, -0.1) is 0 Å². The molecule has 7 heavy (non-hydrogen) atoms. The Balaban J connectivity index is 3.14. The molecule has 0 aromatic carbocycles. The molecular formula is C3H11B2N2. The Kier molecular flexibility index (Phi) is 3.13. The first-order chi connectivity index (χ1) is 3.18. The van der Waals surface area contributed by atoms with Crippen molar-refractivity contribution in [3.8, 4) is 0 Å². The van der Waals surface area contributed by atoms with Gasteiger partial charge in [0.05, 0.1) is 0 Å². The molecule has 0 aromatic rings. The Morgan fingerprint density at radius 2 is 2.00 bits per heavy atom. The summed E-state index contributed by atoms with van der Waals surface area (Å²) in [5.74, 6) is 0.463. The Labute approximate surface area is 46.0 Å². The zero-order valence-corrected chi connectivity index (χ0v) is 4.89. The minimum atomic E-state index is 0.0556. The van der Waals surface area contributed by atoms with Crippen molar-refractivity contribution in [1.82, 2.24) is 0 Å². The van der Waals surface area contributed by atoms with E-state index in [1.807, 2.05) is 13.8 Å². The predicted molar refractivity (Wildman–Crippen MR) is 35.0 cm³/mol. The molecule has 0 aliphatic rings. The van der Waals surface area contributed by atoms with Gasteiger partial charge in [0.25, 0.3) is 0 Å². The van der Waals surface area contributed by atoms with Gasteiger partial charge in [0.1, 0.15) is 0 Å². The van der Waals surface area contributed by atoms with Crippen molar-refractivity contribution in [2.75, 3.05) is 0 Å². The van der Waals surface area contributed by atoms with Gasteiger partial charge in [0, 0.05) is 0 Å². The molecule has 0 unspecified atom stereocenters. The molecule has 2 nitrogen and oxygen atoms in total. The Morgan fingerprint density at radius 3 is 2.00 bits per heavy atom. The molecule has 0 atom stereocenters. The highest BCUT2D eigenvalue weighted by Crippen LogP contribution is 1.97. The van der Waals surface area contributed by atoms with Gasteiger partial charge in [-0.25, -0.2) is 0 Å². The summed E-state index contributed by atoms with van der Waals surface area (Å²) in [4.78, 5) is 0. The molecule has 0 aliphatic carbocycles. The zero-order valence-electron chi connectivity index (χ0n) is 4.89. The standard InChI is InChI=1S/C3H11B2N2/c1-3(2)5(7)4-6/h3H,6-7H2,1-2H3. The number of rotatable bonds is 2. The average Bonchev–Trinajstić information content (AvgIpc) is 1.65. The highest BCUT2D eigenvalue weighted by atomic mass is 14.4. The fourth-order valence-electron chi connectivity index (χ4n) is 0.222. The molecule has 0 heterocycles. The molecule has 0 aromatic heterocycles. The summed E-state index contributed by atoms with van der Waals surface area (Å²) in [5.41, 5.74) is 10.6. The van der Waals surface area contributed by atoms with Crippen LogP contribution in [0.3, 0.4) is 0 Å². The third kappa shape index (κ3) is 2.71. The van der Waals surface area contributed by atoms with Crippen molar-refractivity contribution < 1.29 is 0 Å². The van der Waals surface area contributed by atoms with Crippen molar-refractivity contribution in [1.29, 1.82) is 0 Å². The summed E-state index contributed by atoms with van der Waals surface area (Å²) in [6, 6.07) is 0. The number of hydrogen-bond donors (Lipinski definition) is 2. The van der Waals surface area contributed by atoms with Crippen LogP contribution in [0.2, 0.25) is 5.82 Å². The van der Waals surface area contributed by atoms with Crippen LogP contribution in [0, 0.1) is 0 Å². The number of hydrogen-bond acceptors (Lipinski definition) is 2. The second-order valence-corrected chi connectivity index (χ2v) is 2.01. The maximum absolute atomic E-state index is 5.44. The molecular weight excluding hydrogens is 85.7 g/mol. The molecule has 0 amide bonds. The van der Waals surface area contributed by atoms with Gasteiger partial charge in [-0.1, -0.05) is 19.7 Å². The van der Waals surface area contributed by atoms with E-state index in [1.165, 1.54) is 7.31 Å². The van der Waals surface area contributed by atoms with E-state index in [0.29, 0.717) is 5.82 Å². The van der Waals surface area contributed by atoms with Gasteiger partial charge in [-0.2, -0.15) is 0 Å². The smallest absolute Gasteiger partial charge is 0.196 e. The third-order valence-corrected chi connectivity index (χ3v) is 0.992. The van der Waals surface area contributed by atoms with Gasteiger partial charge >= 0.3 is 0 Å². The lowest BCUT2D eigenvalue weighted by Crippen LogP contribution is -2.41. The first-order valence-corrected chi connectivity index (χ1v) is 2.49. The fourth-order valence-corrected chi connectivity index (χ4v) is 0.222. The van der Waals surface area contributed by atoms with Gasteiger partial charge in [-0.3, -0.25) is 0 Å². The Hall–Kier alpha value is 0.0499. The molecule has 4 N–H and O–H groups in total. The molecule has 0 rings (SSSR count). The zero-order chi connectivity index (χ0) is 5.86. The maximum atomic E-state index is 5.44. The minimum Gasteiger partial charge on any atom is -0.379 e. The Bertz CT molecular complexity index is 48.2.